The second-order valence-electron chi connectivity index (χ2n) is 17.4. The molecule has 0 atom stereocenters. The van der Waals surface area contributed by atoms with Gasteiger partial charge in [-0.2, -0.15) is 0 Å². The minimum atomic E-state index is -0.198. The lowest BCUT2D eigenvalue weighted by molar-refractivity contribution is 0.660. The molecule has 0 N–H and O–H groups in total. The second-order valence-corrected chi connectivity index (χ2v) is 17.4. The molecule has 59 heavy (non-hydrogen) atoms. The molecule has 9 aromatic rings. The van der Waals surface area contributed by atoms with Gasteiger partial charge in [-0.05, 0) is 132 Å². The molecule has 282 valence electrons. The zero-order valence-corrected chi connectivity index (χ0v) is 34.0. The van der Waals surface area contributed by atoms with Gasteiger partial charge >= 0.3 is 0 Å². The zero-order valence-electron chi connectivity index (χ0n) is 34.0. The summed E-state index contributed by atoms with van der Waals surface area (Å²) in [6.07, 6.45) is 0. The number of hydrogen-bond donors (Lipinski definition) is 0. The van der Waals surface area contributed by atoms with Gasteiger partial charge in [0.2, 0.25) is 0 Å². The van der Waals surface area contributed by atoms with Gasteiger partial charge in [0.15, 0.2) is 0 Å². The molecule has 11 rings (SSSR count). The average molecular weight is 756 g/mol. The summed E-state index contributed by atoms with van der Waals surface area (Å²) >= 11 is 0. The smallest absolute Gasteiger partial charge is 0.0540 e. The van der Waals surface area contributed by atoms with E-state index in [2.05, 4.69) is 233 Å². The Balaban J connectivity index is 1.05. The first-order valence-corrected chi connectivity index (χ1v) is 20.8. The SMILES string of the molecule is CC1(C)c2cc(-c3ccccc3)ccc2-c2ccc(N(c3ccc4c(c3)C(C)(C)c3cc(-c5ccc6ccccc6c5)ccc3-4)c3ccccc3-c3ccccc3)cc21. The molecule has 9 aromatic carbocycles. The van der Waals surface area contributed by atoms with Gasteiger partial charge in [-0.3, -0.25) is 0 Å². The molecule has 0 fully saturated rings. The van der Waals surface area contributed by atoms with Crippen LogP contribution in [0.4, 0.5) is 17.1 Å². The van der Waals surface area contributed by atoms with Crippen molar-refractivity contribution in [3.05, 3.63) is 222 Å². The molecule has 1 nitrogen and oxygen atoms in total. The largest absolute Gasteiger partial charge is 0.310 e. The quantitative estimate of drug-likeness (QED) is 0.163. The molecule has 0 saturated heterocycles. The molecule has 0 spiro atoms. The summed E-state index contributed by atoms with van der Waals surface area (Å²) in [5, 5.41) is 2.54. The highest BCUT2D eigenvalue weighted by Crippen LogP contribution is 2.54. The Hall–Kier alpha value is -6.96. The third-order valence-electron chi connectivity index (χ3n) is 13.3. The van der Waals surface area contributed by atoms with E-state index in [1.54, 1.807) is 0 Å². The Morgan fingerprint density at radius 3 is 1.31 bits per heavy atom. The minimum Gasteiger partial charge on any atom is -0.310 e. The minimum absolute atomic E-state index is 0.180. The number of benzene rings is 9. The first-order valence-electron chi connectivity index (χ1n) is 20.8. The maximum absolute atomic E-state index is 2.50. The maximum atomic E-state index is 2.50. The first-order chi connectivity index (χ1) is 28.8. The van der Waals surface area contributed by atoms with Gasteiger partial charge in [-0.25, -0.2) is 0 Å². The number of fused-ring (bicyclic) bond motifs is 7. The lowest BCUT2D eigenvalue weighted by Crippen LogP contribution is -2.18. The van der Waals surface area contributed by atoms with E-state index in [9.17, 15) is 0 Å². The molecule has 0 aromatic heterocycles. The highest BCUT2D eigenvalue weighted by molar-refractivity contribution is 5.94. The fourth-order valence-corrected chi connectivity index (χ4v) is 10.0. The molecule has 2 aliphatic carbocycles. The van der Waals surface area contributed by atoms with Crippen LogP contribution in [0.25, 0.3) is 66.4 Å². The van der Waals surface area contributed by atoms with E-state index in [0.717, 1.165) is 17.1 Å². The van der Waals surface area contributed by atoms with Crippen LogP contribution in [0.15, 0.2) is 200 Å². The zero-order chi connectivity index (χ0) is 39.9. The van der Waals surface area contributed by atoms with Crippen LogP contribution < -0.4 is 4.90 Å². The first kappa shape index (κ1) is 35.2. The number of rotatable bonds is 6. The van der Waals surface area contributed by atoms with Crippen molar-refractivity contribution in [2.45, 2.75) is 38.5 Å². The van der Waals surface area contributed by atoms with Crippen LogP contribution in [0.5, 0.6) is 0 Å². The molecule has 2 aliphatic rings. The van der Waals surface area contributed by atoms with Gasteiger partial charge in [-0.15, -0.1) is 0 Å². The molecule has 0 radical (unpaired) electrons. The number of anilines is 3. The molecule has 0 aliphatic heterocycles. The van der Waals surface area contributed by atoms with Crippen molar-refractivity contribution in [2.24, 2.45) is 0 Å². The molecule has 1 heteroatoms. The fourth-order valence-electron chi connectivity index (χ4n) is 10.0. The maximum Gasteiger partial charge on any atom is 0.0540 e. The Morgan fingerprint density at radius 1 is 0.288 bits per heavy atom. The number of nitrogens with zero attached hydrogens (tertiary/aromatic N) is 1. The summed E-state index contributed by atoms with van der Waals surface area (Å²) in [5.41, 5.74) is 21.2. The molecular weight excluding hydrogens is 711 g/mol. The highest BCUT2D eigenvalue weighted by atomic mass is 15.1. The highest BCUT2D eigenvalue weighted by Gasteiger charge is 2.38. The van der Waals surface area contributed by atoms with Crippen LogP contribution in [-0.2, 0) is 10.8 Å². The summed E-state index contributed by atoms with van der Waals surface area (Å²) < 4.78 is 0. The van der Waals surface area contributed by atoms with Crippen LogP contribution >= 0.6 is 0 Å². The molecule has 0 unspecified atom stereocenters. The Kier molecular flexibility index (Phi) is 7.94. The normalized spacial score (nSPS) is 14.0. The average Bonchev–Trinajstić information content (AvgIpc) is 3.65. The van der Waals surface area contributed by atoms with E-state index >= 15 is 0 Å². The topological polar surface area (TPSA) is 3.24 Å². The van der Waals surface area contributed by atoms with Crippen LogP contribution in [0.3, 0.4) is 0 Å². The van der Waals surface area contributed by atoms with Gasteiger partial charge in [-0.1, -0.05) is 179 Å². The molecular formula is C58H45N. The molecule has 0 bridgehead atoms. The Morgan fingerprint density at radius 2 is 0.712 bits per heavy atom. The van der Waals surface area contributed by atoms with Crippen LogP contribution in [0.1, 0.15) is 49.9 Å². The van der Waals surface area contributed by atoms with E-state index in [1.807, 2.05) is 0 Å². The summed E-state index contributed by atoms with van der Waals surface area (Å²) in [4.78, 5) is 2.50. The van der Waals surface area contributed by atoms with Crippen LogP contribution in [0.2, 0.25) is 0 Å². The molecule has 0 amide bonds. The van der Waals surface area contributed by atoms with Crippen molar-refractivity contribution in [2.75, 3.05) is 4.90 Å². The summed E-state index contributed by atoms with van der Waals surface area (Å²) in [5.74, 6) is 0. The van der Waals surface area contributed by atoms with Crippen LogP contribution in [0, 0.1) is 0 Å². The van der Waals surface area contributed by atoms with E-state index in [1.165, 1.54) is 88.7 Å². The van der Waals surface area contributed by atoms with Gasteiger partial charge in [0.25, 0.3) is 0 Å². The number of para-hydroxylation sites is 1. The number of hydrogen-bond acceptors (Lipinski definition) is 1. The van der Waals surface area contributed by atoms with Crippen LogP contribution in [-0.4, -0.2) is 0 Å². The van der Waals surface area contributed by atoms with Gasteiger partial charge < -0.3 is 4.90 Å². The van der Waals surface area contributed by atoms with E-state index in [0.29, 0.717) is 0 Å². The van der Waals surface area contributed by atoms with Crippen molar-refractivity contribution in [1.82, 2.24) is 0 Å². The summed E-state index contributed by atoms with van der Waals surface area (Å²) in [6.45, 7) is 9.57. The predicted octanol–water partition coefficient (Wildman–Crippen LogP) is 15.9. The van der Waals surface area contributed by atoms with Crippen molar-refractivity contribution < 1.29 is 0 Å². The Labute approximate surface area is 347 Å². The summed E-state index contributed by atoms with van der Waals surface area (Å²) in [7, 11) is 0. The van der Waals surface area contributed by atoms with Crippen molar-refractivity contribution in [3.63, 3.8) is 0 Å². The predicted molar refractivity (Wildman–Crippen MR) is 250 cm³/mol. The monoisotopic (exact) mass is 755 g/mol. The summed E-state index contributed by atoms with van der Waals surface area (Å²) in [6, 6.07) is 74.3. The van der Waals surface area contributed by atoms with Gasteiger partial charge in [0.1, 0.15) is 0 Å². The molecule has 0 heterocycles. The Bertz CT molecular complexity index is 3100. The van der Waals surface area contributed by atoms with Gasteiger partial charge in [0, 0.05) is 27.8 Å². The van der Waals surface area contributed by atoms with E-state index in [4.69, 9.17) is 0 Å². The van der Waals surface area contributed by atoms with Crippen molar-refractivity contribution >= 4 is 27.8 Å². The fraction of sp³-hybridized carbons (Fsp3) is 0.103. The standard InChI is InChI=1S/C58H45N/c1-57(2)52-34-43(38-15-7-5-8-16-38)25-29-48(52)50-31-27-45(36-54(50)57)59(56-22-14-13-21-47(56)40-18-9-6-10-19-40)46-28-32-51-49-30-26-44(35-53(49)58(3,4)55(51)37-46)42-24-23-39-17-11-12-20-41(39)33-42/h5-37H,1-4H3. The molecule has 0 saturated carbocycles. The third-order valence-corrected chi connectivity index (χ3v) is 13.3. The van der Waals surface area contributed by atoms with E-state index in [-0.39, 0.29) is 10.8 Å². The third kappa shape index (κ3) is 5.60. The van der Waals surface area contributed by atoms with Crippen molar-refractivity contribution in [1.29, 1.82) is 0 Å². The second kappa shape index (κ2) is 13.3. The van der Waals surface area contributed by atoms with E-state index < -0.39 is 0 Å². The van der Waals surface area contributed by atoms with Crippen molar-refractivity contribution in [3.8, 4) is 55.6 Å². The van der Waals surface area contributed by atoms with Gasteiger partial charge in [0.05, 0.1) is 5.69 Å². The lowest BCUT2D eigenvalue weighted by atomic mass is 9.81. The lowest BCUT2D eigenvalue weighted by Gasteiger charge is -2.31.